The normalized spacial score (nSPS) is 11.9. The highest BCUT2D eigenvalue weighted by Gasteiger charge is 2.20. The second-order valence-electron chi connectivity index (χ2n) is 10.4. The lowest BCUT2D eigenvalue weighted by atomic mass is 9.89. The van der Waals surface area contributed by atoms with Crippen LogP contribution in [0.15, 0.2) is 102 Å². The van der Waals surface area contributed by atoms with E-state index < -0.39 is 0 Å². The Bertz CT molecular complexity index is 2030. The van der Waals surface area contributed by atoms with Gasteiger partial charge in [-0.3, -0.25) is 4.98 Å². The van der Waals surface area contributed by atoms with Crippen molar-refractivity contribution in [3.8, 4) is 22.4 Å². The molecular weight excluding hydrogens is 469 g/mol. The molecule has 0 amide bonds. The minimum atomic E-state index is -0.341. The van der Waals surface area contributed by atoms with Crippen molar-refractivity contribution in [1.29, 1.82) is 0 Å². The summed E-state index contributed by atoms with van der Waals surface area (Å²) in [4.78, 5) is 4.75. The molecule has 0 saturated heterocycles. The molecule has 0 aliphatic carbocycles. The van der Waals surface area contributed by atoms with Crippen molar-refractivity contribution >= 4 is 43.5 Å². The van der Waals surface area contributed by atoms with Gasteiger partial charge in [-0.2, -0.15) is 0 Å². The number of hydrogen-bond donors (Lipinski definition) is 0. The molecule has 0 unspecified atom stereocenters. The molecule has 184 valence electrons. The Morgan fingerprint density at radius 1 is 0.711 bits per heavy atom. The van der Waals surface area contributed by atoms with Gasteiger partial charge >= 0.3 is 0 Å². The molecule has 7 rings (SSSR count). The Morgan fingerprint density at radius 2 is 1.47 bits per heavy atom. The number of aryl methyl sites for hydroxylation is 1. The Hall–Kier alpha value is -4.50. The van der Waals surface area contributed by atoms with Gasteiger partial charge in [0, 0.05) is 28.1 Å². The summed E-state index contributed by atoms with van der Waals surface area (Å²) in [5.41, 5.74) is 6.28. The maximum Gasteiger partial charge on any atom is 0.174 e. The standard InChI is InChI=1S/C35H26FNO/c1-20(2)30-19-24(18-23-13-12-22-9-5-7-11-26(22)31(23)30)33-35-29(16-17-37-33)28-15-14-27(32(36)34(28)38-35)25-10-6-4-8-21(25)3/h4-20H,1-3H3. The fourth-order valence-corrected chi connectivity index (χ4v) is 5.79. The van der Waals surface area contributed by atoms with E-state index in [0.717, 1.165) is 38.5 Å². The van der Waals surface area contributed by atoms with Crippen molar-refractivity contribution in [2.24, 2.45) is 0 Å². The number of fused-ring (bicyclic) bond motifs is 6. The lowest BCUT2D eigenvalue weighted by molar-refractivity contribution is 0.586. The van der Waals surface area contributed by atoms with E-state index in [4.69, 9.17) is 9.40 Å². The second-order valence-corrected chi connectivity index (χ2v) is 10.4. The predicted molar refractivity (Wildman–Crippen MR) is 156 cm³/mol. The van der Waals surface area contributed by atoms with Gasteiger partial charge in [0.05, 0.1) is 0 Å². The van der Waals surface area contributed by atoms with Crippen molar-refractivity contribution in [3.05, 3.63) is 114 Å². The molecule has 3 heteroatoms. The first-order valence-corrected chi connectivity index (χ1v) is 13.0. The summed E-state index contributed by atoms with van der Waals surface area (Å²) in [5, 5.41) is 6.53. The van der Waals surface area contributed by atoms with Gasteiger partial charge in [0.25, 0.3) is 0 Å². The lowest BCUT2D eigenvalue weighted by Gasteiger charge is -2.15. The summed E-state index contributed by atoms with van der Waals surface area (Å²) in [5.74, 6) is -0.0287. The number of hydrogen-bond acceptors (Lipinski definition) is 2. The van der Waals surface area contributed by atoms with Crippen molar-refractivity contribution < 1.29 is 8.81 Å². The van der Waals surface area contributed by atoms with Crippen molar-refractivity contribution in [2.45, 2.75) is 26.7 Å². The number of nitrogens with zero attached hydrogens (tertiary/aromatic N) is 1. The molecule has 2 aromatic heterocycles. The minimum absolute atomic E-state index is 0.269. The van der Waals surface area contributed by atoms with Gasteiger partial charge < -0.3 is 4.42 Å². The van der Waals surface area contributed by atoms with E-state index in [1.165, 1.54) is 21.7 Å². The molecule has 38 heavy (non-hydrogen) atoms. The van der Waals surface area contributed by atoms with Gasteiger partial charge in [0.1, 0.15) is 5.69 Å². The van der Waals surface area contributed by atoms with Gasteiger partial charge in [0.15, 0.2) is 17.0 Å². The molecule has 7 aromatic rings. The van der Waals surface area contributed by atoms with E-state index in [1.807, 2.05) is 49.4 Å². The minimum Gasteiger partial charge on any atom is -0.451 e. The first-order chi connectivity index (χ1) is 18.5. The number of rotatable bonds is 3. The van der Waals surface area contributed by atoms with Gasteiger partial charge in [0.2, 0.25) is 0 Å². The Kier molecular flexibility index (Phi) is 5.09. The van der Waals surface area contributed by atoms with Gasteiger partial charge in [-0.1, -0.05) is 80.6 Å². The Labute approximate surface area is 220 Å². The third kappa shape index (κ3) is 3.35. The Balaban J connectivity index is 1.49. The third-order valence-corrected chi connectivity index (χ3v) is 7.70. The average molecular weight is 496 g/mol. The summed E-state index contributed by atoms with van der Waals surface area (Å²) in [6, 6.07) is 30.8. The van der Waals surface area contributed by atoms with E-state index in [-0.39, 0.29) is 11.4 Å². The van der Waals surface area contributed by atoms with Crippen LogP contribution in [0.2, 0.25) is 0 Å². The number of aromatic nitrogens is 1. The summed E-state index contributed by atoms with van der Waals surface area (Å²) in [6.45, 7) is 6.44. The largest absolute Gasteiger partial charge is 0.451 e. The molecule has 2 heterocycles. The first kappa shape index (κ1) is 22.7. The number of halogens is 1. The molecule has 0 spiro atoms. The zero-order valence-electron chi connectivity index (χ0n) is 21.5. The highest BCUT2D eigenvalue weighted by Crippen LogP contribution is 2.41. The molecule has 0 aliphatic heterocycles. The van der Waals surface area contributed by atoms with Crippen LogP contribution in [-0.2, 0) is 0 Å². The molecule has 0 radical (unpaired) electrons. The van der Waals surface area contributed by atoms with Crippen LogP contribution in [0.5, 0.6) is 0 Å². The van der Waals surface area contributed by atoms with E-state index in [0.29, 0.717) is 17.1 Å². The molecule has 0 bridgehead atoms. The van der Waals surface area contributed by atoms with E-state index in [9.17, 15) is 0 Å². The monoisotopic (exact) mass is 495 g/mol. The van der Waals surface area contributed by atoms with Crippen LogP contribution in [0.25, 0.3) is 65.9 Å². The quantitative estimate of drug-likeness (QED) is 0.228. The van der Waals surface area contributed by atoms with Crippen molar-refractivity contribution in [2.75, 3.05) is 0 Å². The molecule has 0 fully saturated rings. The van der Waals surface area contributed by atoms with E-state index >= 15 is 4.39 Å². The smallest absolute Gasteiger partial charge is 0.174 e. The van der Waals surface area contributed by atoms with Gasteiger partial charge in [-0.15, -0.1) is 0 Å². The molecule has 2 nitrogen and oxygen atoms in total. The highest BCUT2D eigenvalue weighted by atomic mass is 19.1. The molecule has 0 saturated carbocycles. The molecule has 0 atom stereocenters. The van der Waals surface area contributed by atoms with Crippen molar-refractivity contribution in [1.82, 2.24) is 4.98 Å². The zero-order valence-corrected chi connectivity index (χ0v) is 21.5. The molecule has 0 aliphatic rings. The molecule has 5 aromatic carbocycles. The summed E-state index contributed by atoms with van der Waals surface area (Å²) in [6.07, 6.45) is 1.79. The first-order valence-electron chi connectivity index (χ1n) is 13.0. The number of pyridine rings is 1. The predicted octanol–water partition coefficient (Wildman–Crippen LogP) is 10.2. The second kappa shape index (κ2) is 8.53. The maximum absolute atomic E-state index is 15.9. The van der Waals surface area contributed by atoms with Crippen LogP contribution in [0.4, 0.5) is 4.39 Å². The molecule has 0 N–H and O–H groups in total. The van der Waals surface area contributed by atoms with Crippen LogP contribution in [0.1, 0.15) is 30.9 Å². The van der Waals surface area contributed by atoms with E-state index in [2.05, 4.69) is 62.4 Å². The lowest BCUT2D eigenvalue weighted by Crippen LogP contribution is -1.94. The summed E-state index contributed by atoms with van der Waals surface area (Å²) in [7, 11) is 0. The topological polar surface area (TPSA) is 26.0 Å². The number of furan rings is 1. The fraction of sp³-hybridized carbons (Fsp3) is 0.114. The van der Waals surface area contributed by atoms with Gasteiger partial charge in [-0.05, 0) is 75.3 Å². The van der Waals surface area contributed by atoms with Gasteiger partial charge in [-0.25, -0.2) is 4.39 Å². The summed E-state index contributed by atoms with van der Waals surface area (Å²) >= 11 is 0. The molecular formula is C35H26FNO. The number of benzene rings is 5. The zero-order chi connectivity index (χ0) is 26.0. The van der Waals surface area contributed by atoms with Crippen LogP contribution >= 0.6 is 0 Å². The SMILES string of the molecule is Cc1ccccc1-c1ccc2c(oc3c(-c4cc(C(C)C)c5c(ccc6ccccc65)c4)nccc32)c1F. The Morgan fingerprint density at radius 3 is 2.32 bits per heavy atom. The fourth-order valence-electron chi connectivity index (χ4n) is 5.79. The van der Waals surface area contributed by atoms with Crippen LogP contribution in [0, 0.1) is 12.7 Å². The van der Waals surface area contributed by atoms with Crippen LogP contribution < -0.4 is 0 Å². The van der Waals surface area contributed by atoms with Crippen molar-refractivity contribution in [3.63, 3.8) is 0 Å². The van der Waals surface area contributed by atoms with Crippen LogP contribution in [-0.4, -0.2) is 4.98 Å². The third-order valence-electron chi connectivity index (χ3n) is 7.70. The van der Waals surface area contributed by atoms with E-state index in [1.54, 1.807) is 6.20 Å². The maximum atomic E-state index is 15.9. The van der Waals surface area contributed by atoms with Crippen LogP contribution in [0.3, 0.4) is 0 Å². The average Bonchev–Trinajstić information content (AvgIpc) is 3.33. The highest BCUT2D eigenvalue weighted by molar-refractivity contribution is 6.13. The summed E-state index contributed by atoms with van der Waals surface area (Å²) < 4.78 is 22.2.